The number of oxazole rings is 1. The first kappa shape index (κ1) is 11.2. The Bertz CT molecular complexity index is 716. The number of carboxylic acids is 1. The van der Waals surface area contributed by atoms with E-state index in [1.165, 1.54) is 0 Å². The molecule has 6 heteroatoms. The van der Waals surface area contributed by atoms with E-state index in [0.717, 1.165) is 12.0 Å². The summed E-state index contributed by atoms with van der Waals surface area (Å²) in [5.74, 6) is -0.884. The van der Waals surface area contributed by atoms with Crippen molar-refractivity contribution in [1.29, 1.82) is 0 Å². The van der Waals surface area contributed by atoms with E-state index in [9.17, 15) is 4.79 Å². The molecular formula is C13H9N3O3. The zero-order valence-electron chi connectivity index (χ0n) is 9.72. The summed E-state index contributed by atoms with van der Waals surface area (Å²) < 4.78 is 6.78. The SMILES string of the molecule is O=C(O)c1coc(-c2cnn(-c3ccccc3)c2)n1. The molecule has 2 aromatic heterocycles. The van der Waals surface area contributed by atoms with Crippen LogP contribution in [-0.2, 0) is 0 Å². The van der Waals surface area contributed by atoms with Crippen LogP contribution in [0.4, 0.5) is 0 Å². The second-order valence-corrected chi connectivity index (χ2v) is 3.85. The third-order valence-electron chi connectivity index (χ3n) is 2.57. The van der Waals surface area contributed by atoms with Crippen LogP contribution in [0.25, 0.3) is 17.1 Å². The predicted octanol–water partition coefficient (Wildman–Crippen LogP) is 2.23. The number of carbonyl (C=O) groups is 1. The van der Waals surface area contributed by atoms with E-state index in [1.807, 2.05) is 30.3 Å². The molecule has 0 amide bonds. The van der Waals surface area contributed by atoms with Gasteiger partial charge < -0.3 is 9.52 Å². The lowest BCUT2D eigenvalue weighted by Gasteiger charge is -1.98. The topological polar surface area (TPSA) is 81.1 Å². The van der Waals surface area contributed by atoms with Gasteiger partial charge in [-0.15, -0.1) is 0 Å². The Hall–Kier alpha value is -2.89. The van der Waals surface area contributed by atoms with Crippen LogP contribution < -0.4 is 0 Å². The summed E-state index contributed by atoms with van der Waals surface area (Å²) in [4.78, 5) is 14.6. The molecule has 3 aromatic rings. The van der Waals surface area contributed by atoms with Crippen molar-refractivity contribution in [2.24, 2.45) is 0 Å². The van der Waals surface area contributed by atoms with Gasteiger partial charge >= 0.3 is 5.97 Å². The Morgan fingerprint density at radius 2 is 2.05 bits per heavy atom. The molecule has 94 valence electrons. The van der Waals surface area contributed by atoms with E-state index in [0.29, 0.717) is 5.56 Å². The van der Waals surface area contributed by atoms with Gasteiger partial charge in [-0.1, -0.05) is 18.2 Å². The fourth-order valence-electron chi connectivity index (χ4n) is 1.66. The zero-order valence-corrected chi connectivity index (χ0v) is 9.72. The van der Waals surface area contributed by atoms with Crippen molar-refractivity contribution in [3.8, 4) is 17.1 Å². The second-order valence-electron chi connectivity index (χ2n) is 3.85. The molecule has 0 radical (unpaired) electrons. The van der Waals surface area contributed by atoms with Crippen molar-refractivity contribution in [2.75, 3.05) is 0 Å². The summed E-state index contributed by atoms with van der Waals surface area (Å²) in [6.07, 6.45) is 4.41. The van der Waals surface area contributed by atoms with Crippen LogP contribution in [0.1, 0.15) is 10.5 Å². The fourth-order valence-corrected chi connectivity index (χ4v) is 1.66. The van der Waals surface area contributed by atoms with Crippen molar-refractivity contribution in [1.82, 2.24) is 14.8 Å². The minimum absolute atomic E-state index is 0.123. The molecule has 0 aliphatic carbocycles. The third-order valence-corrected chi connectivity index (χ3v) is 2.57. The average Bonchev–Trinajstić information content (AvgIpc) is 3.09. The molecule has 6 nitrogen and oxygen atoms in total. The molecular weight excluding hydrogens is 246 g/mol. The number of para-hydroxylation sites is 1. The van der Waals surface area contributed by atoms with Crippen LogP contribution in [0.3, 0.4) is 0 Å². The molecule has 1 N–H and O–H groups in total. The van der Waals surface area contributed by atoms with Crippen LogP contribution >= 0.6 is 0 Å². The highest BCUT2D eigenvalue weighted by Crippen LogP contribution is 2.19. The summed E-state index contributed by atoms with van der Waals surface area (Å²) >= 11 is 0. The lowest BCUT2D eigenvalue weighted by Crippen LogP contribution is -1.95. The molecule has 0 saturated heterocycles. The maximum Gasteiger partial charge on any atom is 0.357 e. The highest BCUT2D eigenvalue weighted by Gasteiger charge is 2.13. The molecule has 0 aliphatic heterocycles. The Morgan fingerprint density at radius 1 is 1.26 bits per heavy atom. The normalized spacial score (nSPS) is 10.5. The number of rotatable bonds is 3. The maximum atomic E-state index is 10.7. The number of hydrogen-bond acceptors (Lipinski definition) is 4. The van der Waals surface area contributed by atoms with Gasteiger partial charge in [0.1, 0.15) is 6.26 Å². The van der Waals surface area contributed by atoms with E-state index < -0.39 is 5.97 Å². The molecule has 2 heterocycles. The number of aromatic nitrogens is 3. The van der Waals surface area contributed by atoms with Gasteiger partial charge in [0.2, 0.25) is 5.89 Å². The lowest BCUT2D eigenvalue weighted by atomic mass is 10.3. The highest BCUT2D eigenvalue weighted by molar-refractivity contribution is 5.85. The molecule has 0 saturated carbocycles. The summed E-state index contributed by atoms with van der Waals surface area (Å²) in [7, 11) is 0. The molecule has 1 aromatic carbocycles. The Kier molecular flexibility index (Phi) is 2.60. The zero-order chi connectivity index (χ0) is 13.2. The van der Waals surface area contributed by atoms with E-state index in [4.69, 9.17) is 9.52 Å². The van der Waals surface area contributed by atoms with Gasteiger partial charge in [-0.25, -0.2) is 14.5 Å². The molecule has 0 fully saturated rings. The van der Waals surface area contributed by atoms with Gasteiger partial charge in [0.05, 0.1) is 17.4 Å². The van der Waals surface area contributed by atoms with Crippen molar-refractivity contribution in [3.05, 3.63) is 54.7 Å². The monoisotopic (exact) mass is 255 g/mol. The van der Waals surface area contributed by atoms with E-state index in [2.05, 4.69) is 10.1 Å². The Labute approximate surface area is 107 Å². The summed E-state index contributed by atoms with van der Waals surface area (Å²) in [5.41, 5.74) is 1.40. The number of hydrogen-bond donors (Lipinski definition) is 1. The van der Waals surface area contributed by atoms with Crippen molar-refractivity contribution < 1.29 is 14.3 Å². The second kappa shape index (κ2) is 4.41. The summed E-state index contributed by atoms with van der Waals surface area (Å²) in [5, 5.41) is 13.0. The van der Waals surface area contributed by atoms with E-state index in [1.54, 1.807) is 17.1 Å². The molecule has 0 atom stereocenters. The number of nitrogens with zero attached hydrogens (tertiary/aromatic N) is 3. The van der Waals surface area contributed by atoms with Gasteiger partial charge in [-0.05, 0) is 12.1 Å². The van der Waals surface area contributed by atoms with Crippen molar-refractivity contribution in [3.63, 3.8) is 0 Å². The van der Waals surface area contributed by atoms with Crippen LogP contribution in [0, 0.1) is 0 Å². The standard InChI is InChI=1S/C13H9N3O3/c17-13(18)11-8-19-12(15-11)9-6-14-16(7-9)10-4-2-1-3-5-10/h1-8H,(H,17,18). The van der Waals surface area contributed by atoms with Crippen LogP contribution in [-0.4, -0.2) is 25.8 Å². The molecule has 0 unspecified atom stereocenters. The first-order valence-electron chi connectivity index (χ1n) is 5.53. The first-order chi connectivity index (χ1) is 9.24. The van der Waals surface area contributed by atoms with Crippen LogP contribution in [0.2, 0.25) is 0 Å². The van der Waals surface area contributed by atoms with Gasteiger partial charge in [0.25, 0.3) is 0 Å². The van der Waals surface area contributed by atoms with Gasteiger partial charge in [-0.2, -0.15) is 5.10 Å². The predicted molar refractivity (Wildman–Crippen MR) is 66.0 cm³/mol. The molecule has 0 spiro atoms. The van der Waals surface area contributed by atoms with Crippen LogP contribution in [0.15, 0.2) is 53.4 Å². The van der Waals surface area contributed by atoms with Crippen molar-refractivity contribution >= 4 is 5.97 Å². The van der Waals surface area contributed by atoms with Crippen molar-refractivity contribution in [2.45, 2.75) is 0 Å². The van der Waals surface area contributed by atoms with Gasteiger partial charge in [-0.3, -0.25) is 0 Å². The number of carboxylic acid groups (broad SMARTS) is 1. The summed E-state index contributed by atoms with van der Waals surface area (Å²) in [6.45, 7) is 0. The quantitative estimate of drug-likeness (QED) is 0.776. The fraction of sp³-hybridized carbons (Fsp3) is 0. The lowest BCUT2D eigenvalue weighted by molar-refractivity contribution is 0.0690. The first-order valence-corrected chi connectivity index (χ1v) is 5.53. The van der Waals surface area contributed by atoms with Crippen LogP contribution in [0.5, 0.6) is 0 Å². The highest BCUT2D eigenvalue weighted by atomic mass is 16.4. The molecule has 19 heavy (non-hydrogen) atoms. The summed E-state index contributed by atoms with van der Waals surface area (Å²) in [6, 6.07) is 9.56. The Balaban J connectivity index is 1.94. The minimum Gasteiger partial charge on any atom is -0.476 e. The molecule has 0 aliphatic rings. The average molecular weight is 255 g/mol. The van der Waals surface area contributed by atoms with E-state index >= 15 is 0 Å². The molecule has 3 rings (SSSR count). The van der Waals surface area contributed by atoms with Gasteiger partial charge in [0, 0.05) is 6.20 Å². The number of aromatic carboxylic acids is 1. The maximum absolute atomic E-state index is 10.7. The smallest absolute Gasteiger partial charge is 0.357 e. The molecule has 0 bridgehead atoms. The third kappa shape index (κ3) is 2.11. The number of benzene rings is 1. The van der Waals surface area contributed by atoms with Gasteiger partial charge in [0.15, 0.2) is 5.69 Å². The van der Waals surface area contributed by atoms with E-state index in [-0.39, 0.29) is 11.6 Å². The minimum atomic E-state index is -1.12. The largest absolute Gasteiger partial charge is 0.476 e. The Morgan fingerprint density at radius 3 is 2.74 bits per heavy atom.